The van der Waals surface area contributed by atoms with Gasteiger partial charge in [-0.25, -0.2) is 4.83 Å². The van der Waals surface area contributed by atoms with Gasteiger partial charge in [-0.3, -0.25) is 0 Å². The van der Waals surface area contributed by atoms with Crippen LogP contribution in [0.1, 0.15) is 11.1 Å². The van der Waals surface area contributed by atoms with E-state index in [0.29, 0.717) is 6.61 Å². The second kappa shape index (κ2) is 8.31. The number of ether oxygens (including phenoxy) is 1. The van der Waals surface area contributed by atoms with Crippen LogP contribution in [0.5, 0.6) is 5.75 Å². The van der Waals surface area contributed by atoms with Crippen LogP contribution in [-0.4, -0.2) is 14.6 Å². The Balaban J connectivity index is 1.56. The molecule has 0 unspecified atom stereocenters. The average Bonchev–Trinajstić information content (AvgIpc) is 2.69. The van der Waals surface area contributed by atoms with E-state index in [1.54, 1.807) is 30.3 Å². The minimum atomic E-state index is -3.65. The summed E-state index contributed by atoms with van der Waals surface area (Å²) in [6, 6.07) is 25.2. The molecular weight excluding hydrogens is 348 g/mol. The van der Waals surface area contributed by atoms with E-state index in [-0.39, 0.29) is 4.90 Å². The monoisotopic (exact) mass is 366 g/mol. The van der Waals surface area contributed by atoms with Crippen molar-refractivity contribution in [1.29, 1.82) is 0 Å². The van der Waals surface area contributed by atoms with Crippen LogP contribution in [0.4, 0.5) is 0 Å². The standard InChI is InChI=1S/C20H18N2O3S/c23-26(24,20-9-5-2-6-10-20)22-21-15-17-11-13-19(14-12-17)25-16-18-7-3-1-4-8-18/h1-15,22H,16H2. The topological polar surface area (TPSA) is 67.8 Å². The molecule has 3 aromatic rings. The van der Waals surface area contributed by atoms with Crippen molar-refractivity contribution in [1.82, 2.24) is 4.83 Å². The van der Waals surface area contributed by atoms with Gasteiger partial charge in [0.25, 0.3) is 10.0 Å². The van der Waals surface area contributed by atoms with E-state index in [1.165, 1.54) is 18.3 Å². The van der Waals surface area contributed by atoms with Crippen molar-refractivity contribution in [2.45, 2.75) is 11.5 Å². The fourth-order valence-corrected chi connectivity index (χ4v) is 3.03. The number of hydrazone groups is 1. The third-order valence-electron chi connectivity index (χ3n) is 3.57. The van der Waals surface area contributed by atoms with Crippen molar-refractivity contribution in [3.63, 3.8) is 0 Å². The lowest BCUT2D eigenvalue weighted by atomic mass is 10.2. The van der Waals surface area contributed by atoms with Crippen LogP contribution in [0.3, 0.4) is 0 Å². The van der Waals surface area contributed by atoms with Crippen molar-refractivity contribution in [2.24, 2.45) is 5.10 Å². The van der Waals surface area contributed by atoms with Crippen LogP contribution in [0.25, 0.3) is 0 Å². The second-order valence-electron chi connectivity index (χ2n) is 5.51. The van der Waals surface area contributed by atoms with Gasteiger partial charge < -0.3 is 4.74 Å². The highest BCUT2D eigenvalue weighted by Crippen LogP contribution is 2.13. The van der Waals surface area contributed by atoms with Gasteiger partial charge in [0.1, 0.15) is 12.4 Å². The maximum absolute atomic E-state index is 12.1. The molecule has 0 saturated carbocycles. The summed E-state index contributed by atoms with van der Waals surface area (Å²) in [5, 5.41) is 3.81. The van der Waals surface area contributed by atoms with E-state index >= 15 is 0 Å². The van der Waals surface area contributed by atoms with Gasteiger partial charge in [-0.2, -0.15) is 13.5 Å². The summed E-state index contributed by atoms with van der Waals surface area (Å²) in [4.78, 5) is 2.36. The molecule has 0 saturated heterocycles. The van der Waals surface area contributed by atoms with Crippen molar-refractivity contribution >= 4 is 16.2 Å². The van der Waals surface area contributed by atoms with Gasteiger partial charge in [0.15, 0.2) is 0 Å². The molecule has 132 valence electrons. The molecule has 5 nitrogen and oxygen atoms in total. The normalized spacial score (nSPS) is 11.4. The first-order valence-corrected chi connectivity index (χ1v) is 9.48. The fraction of sp³-hybridized carbons (Fsp3) is 0.0500. The Hall–Kier alpha value is -3.12. The Kier molecular flexibility index (Phi) is 5.66. The van der Waals surface area contributed by atoms with E-state index in [0.717, 1.165) is 16.9 Å². The number of nitrogens with one attached hydrogen (secondary N) is 1. The van der Waals surface area contributed by atoms with Gasteiger partial charge in [-0.05, 0) is 47.5 Å². The van der Waals surface area contributed by atoms with E-state index in [4.69, 9.17) is 4.74 Å². The minimum Gasteiger partial charge on any atom is -0.489 e. The van der Waals surface area contributed by atoms with E-state index < -0.39 is 10.0 Å². The van der Waals surface area contributed by atoms with Gasteiger partial charge >= 0.3 is 0 Å². The van der Waals surface area contributed by atoms with Crippen LogP contribution in [0.2, 0.25) is 0 Å². The quantitative estimate of drug-likeness (QED) is 0.513. The third kappa shape index (κ3) is 4.94. The van der Waals surface area contributed by atoms with Crippen molar-refractivity contribution in [3.05, 3.63) is 96.1 Å². The lowest BCUT2D eigenvalue weighted by molar-refractivity contribution is 0.306. The molecule has 0 fully saturated rings. The van der Waals surface area contributed by atoms with E-state index in [1.807, 2.05) is 42.5 Å². The molecule has 0 aliphatic heterocycles. The smallest absolute Gasteiger partial charge is 0.276 e. The molecule has 1 N–H and O–H groups in total. The van der Waals surface area contributed by atoms with Crippen LogP contribution in [0.15, 0.2) is 94.9 Å². The third-order valence-corrected chi connectivity index (χ3v) is 4.81. The Bertz CT molecular complexity index is 955. The van der Waals surface area contributed by atoms with Gasteiger partial charge in [-0.1, -0.05) is 48.5 Å². The summed E-state index contributed by atoms with van der Waals surface area (Å²) in [6.45, 7) is 0.491. The molecule has 0 atom stereocenters. The van der Waals surface area contributed by atoms with Crippen LogP contribution >= 0.6 is 0 Å². The minimum absolute atomic E-state index is 0.168. The molecule has 0 radical (unpaired) electrons. The molecule has 0 spiro atoms. The SMILES string of the molecule is O=S(=O)(NN=Cc1ccc(OCc2ccccc2)cc1)c1ccccc1. The summed E-state index contributed by atoms with van der Waals surface area (Å²) in [6.07, 6.45) is 1.45. The van der Waals surface area contributed by atoms with E-state index in [9.17, 15) is 8.42 Å². The number of hydrogen-bond acceptors (Lipinski definition) is 4. The number of benzene rings is 3. The zero-order valence-electron chi connectivity index (χ0n) is 13.9. The molecule has 3 aromatic carbocycles. The second-order valence-corrected chi connectivity index (χ2v) is 7.17. The highest BCUT2D eigenvalue weighted by molar-refractivity contribution is 7.89. The van der Waals surface area contributed by atoms with Crippen LogP contribution in [0, 0.1) is 0 Å². The van der Waals surface area contributed by atoms with Crippen LogP contribution in [-0.2, 0) is 16.6 Å². The molecule has 26 heavy (non-hydrogen) atoms. The predicted octanol–water partition coefficient (Wildman–Crippen LogP) is 3.58. The molecule has 0 aliphatic rings. The molecule has 0 bridgehead atoms. The molecule has 3 rings (SSSR count). The lowest BCUT2D eigenvalue weighted by Crippen LogP contribution is -2.18. The molecular formula is C20H18N2O3S. The zero-order chi connectivity index (χ0) is 18.2. The molecule has 0 aromatic heterocycles. The van der Waals surface area contributed by atoms with Gasteiger partial charge in [0.05, 0.1) is 11.1 Å². The Morgan fingerprint density at radius 3 is 2.12 bits per heavy atom. The first-order valence-electron chi connectivity index (χ1n) is 8.00. The molecule has 0 heterocycles. The molecule has 6 heteroatoms. The summed E-state index contributed by atoms with van der Waals surface area (Å²) in [5.41, 5.74) is 1.85. The number of hydrogen-bond donors (Lipinski definition) is 1. The summed E-state index contributed by atoms with van der Waals surface area (Å²) >= 11 is 0. The summed E-state index contributed by atoms with van der Waals surface area (Å²) in [5.74, 6) is 0.732. The van der Waals surface area contributed by atoms with Crippen molar-refractivity contribution in [2.75, 3.05) is 0 Å². The fourth-order valence-electron chi connectivity index (χ4n) is 2.21. The predicted molar refractivity (Wildman–Crippen MR) is 102 cm³/mol. The largest absolute Gasteiger partial charge is 0.489 e. The first-order chi connectivity index (χ1) is 12.6. The highest BCUT2D eigenvalue weighted by atomic mass is 32.2. The molecule has 0 aliphatic carbocycles. The number of rotatable bonds is 7. The highest BCUT2D eigenvalue weighted by Gasteiger charge is 2.10. The number of nitrogens with zero attached hydrogens (tertiary/aromatic N) is 1. The van der Waals surface area contributed by atoms with Gasteiger partial charge in [0.2, 0.25) is 0 Å². The Morgan fingerprint density at radius 2 is 1.46 bits per heavy atom. The van der Waals surface area contributed by atoms with E-state index in [2.05, 4.69) is 9.93 Å². The van der Waals surface area contributed by atoms with Gasteiger partial charge in [0, 0.05) is 0 Å². The summed E-state index contributed by atoms with van der Waals surface area (Å²) in [7, 11) is -3.65. The van der Waals surface area contributed by atoms with Crippen molar-refractivity contribution in [3.8, 4) is 5.75 Å². The maximum atomic E-state index is 12.1. The van der Waals surface area contributed by atoms with Crippen molar-refractivity contribution < 1.29 is 13.2 Å². The van der Waals surface area contributed by atoms with Crippen LogP contribution < -0.4 is 9.57 Å². The Labute approximate surface area is 153 Å². The first kappa shape index (κ1) is 17.7. The maximum Gasteiger partial charge on any atom is 0.276 e. The average molecular weight is 366 g/mol. The lowest BCUT2D eigenvalue weighted by Gasteiger charge is -2.06. The van der Waals surface area contributed by atoms with Gasteiger partial charge in [-0.15, -0.1) is 0 Å². The zero-order valence-corrected chi connectivity index (χ0v) is 14.8. The Morgan fingerprint density at radius 1 is 0.846 bits per heavy atom. The molecule has 0 amide bonds. The summed E-state index contributed by atoms with van der Waals surface area (Å²) < 4.78 is 29.8. The number of sulfonamides is 1.